The van der Waals surface area contributed by atoms with Crippen molar-refractivity contribution >= 4 is 33.8 Å². The van der Waals surface area contributed by atoms with Crippen molar-refractivity contribution in [1.29, 1.82) is 0 Å². The molecule has 0 aliphatic carbocycles. The van der Waals surface area contributed by atoms with Crippen LogP contribution >= 0.6 is 11.6 Å². The van der Waals surface area contributed by atoms with E-state index in [0.29, 0.717) is 0 Å². The Morgan fingerprint density at radius 1 is 0.972 bits per heavy atom. The Labute approximate surface area is 219 Å². The Hall–Kier alpha value is -2.51. The first-order valence-electron chi connectivity index (χ1n) is 13.2. The highest BCUT2D eigenvalue weighted by Crippen LogP contribution is 2.31. The summed E-state index contributed by atoms with van der Waals surface area (Å²) in [6.07, 6.45) is 6.82. The number of piperazine rings is 1. The lowest BCUT2D eigenvalue weighted by Crippen LogP contribution is -2.48. The average molecular weight is 508 g/mol. The van der Waals surface area contributed by atoms with Crippen LogP contribution in [0.2, 0.25) is 5.02 Å². The third-order valence-electron chi connectivity index (χ3n) is 7.51. The van der Waals surface area contributed by atoms with Gasteiger partial charge in [-0.05, 0) is 55.8 Å². The number of benzene rings is 2. The summed E-state index contributed by atoms with van der Waals surface area (Å²) in [7, 11) is 1.75. The predicted octanol–water partition coefficient (Wildman–Crippen LogP) is 4.72. The maximum absolute atomic E-state index is 6.13. The molecule has 1 saturated heterocycles. The molecule has 6 nitrogen and oxygen atoms in total. The summed E-state index contributed by atoms with van der Waals surface area (Å²) in [6, 6.07) is 14.4. The van der Waals surface area contributed by atoms with Gasteiger partial charge >= 0.3 is 0 Å². The van der Waals surface area contributed by atoms with E-state index in [0.717, 1.165) is 88.2 Å². The van der Waals surface area contributed by atoms with E-state index in [9.17, 15) is 0 Å². The van der Waals surface area contributed by atoms with Crippen molar-refractivity contribution in [3.63, 3.8) is 0 Å². The molecule has 0 bridgehead atoms. The van der Waals surface area contributed by atoms with Gasteiger partial charge in [-0.25, -0.2) is 0 Å². The van der Waals surface area contributed by atoms with E-state index in [1.807, 2.05) is 24.3 Å². The Bertz CT molecular complexity index is 1170. The second kappa shape index (κ2) is 12.2. The minimum Gasteiger partial charge on any atom is -0.495 e. The number of hydrogen-bond acceptors (Lipinski definition) is 5. The van der Waals surface area contributed by atoms with Crippen LogP contribution in [0.15, 0.2) is 54.7 Å². The number of para-hydroxylation sites is 2. The number of hydrogen-bond donors (Lipinski definition) is 2. The Morgan fingerprint density at radius 2 is 1.83 bits per heavy atom. The van der Waals surface area contributed by atoms with Crippen LogP contribution in [0.4, 0.5) is 5.69 Å². The fourth-order valence-electron chi connectivity index (χ4n) is 5.42. The molecule has 192 valence electrons. The summed E-state index contributed by atoms with van der Waals surface area (Å²) in [5.74, 6) is 0.969. The second-order valence-corrected chi connectivity index (χ2v) is 10.2. The molecule has 1 aromatic heterocycles. The molecule has 3 heterocycles. The van der Waals surface area contributed by atoms with Crippen molar-refractivity contribution in [1.82, 2.24) is 20.1 Å². The summed E-state index contributed by atoms with van der Waals surface area (Å²) in [6.45, 7) is 10.9. The zero-order valence-electron chi connectivity index (χ0n) is 21.3. The molecule has 0 spiro atoms. The number of aromatic amines is 1. The molecule has 1 fully saturated rings. The lowest BCUT2D eigenvalue weighted by molar-refractivity contribution is 0.254. The van der Waals surface area contributed by atoms with Crippen LogP contribution in [0.5, 0.6) is 5.75 Å². The number of ether oxygens (including phenoxy) is 1. The minimum absolute atomic E-state index is 0.778. The molecule has 7 heteroatoms. The highest BCUT2D eigenvalue weighted by atomic mass is 35.5. The first-order valence-corrected chi connectivity index (χ1v) is 13.6. The molecule has 3 aromatic rings. The maximum Gasteiger partial charge on any atom is 0.142 e. The highest BCUT2D eigenvalue weighted by Gasteiger charge is 2.19. The van der Waals surface area contributed by atoms with Gasteiger partial charge in [-0.15, -0.1) is 0 Å². The smallest absolute Gasteiger partial charge is 0.142 e. The Balaban J connectivity index is 0.966. The summed E-state index contributed by atoms with van der Waals surface area (Å²) in [5.41, 5.74) is 5.10. The molecule has 2 aromatic carbocycles. The monoisotopic (exact) mass is 507 g/mol. The number of methoxy groups -OCH3 is 1. The third kappa shape index (κ3) is 6.06. The number of nitrogens with one attached hydrogen (secondary N) is 2. The number of nitrogens with zero attached hydrogens (tertiary/aromatic N) is 3. The van der Waals surface area contributed by atoms with Crippen LogP contribution in [0.25, 0.3) is 16.5 Å². The normalized spacial score (nSPS) is 17.5. The first kappa shape index (κ1) is 25.2. The van der Waals surface area contributed by atoms with E-state index in [1.54, 1.807) is 7.11 Å². The summed E-state index contributed by atoms with van der Waals surface area (Å²) in [5, 5.41) is 5.70. The largest absolute Gasteiger partial charge is 0.495 e. The Kier molecular flexibility index (Phi) is 8.49. The number of anilines is 1. The molecule has 0 radical (unpaired) electrons. The number of rotatable bonds is 10. The zero-order chi connectivity index (χ0) is 24.7. The predicted molar refractivity (Wildman–Crippen MR) is 151 cm³/mol. The quantitative estimate of drug-likeness (QED) is 0.389. The van der Waals surface area contributed by atoms with Gasteiger partial charge in [0.15, 0.2) is 0 Å². The molecule has 2 aliphatic rings. The molecule has 0 amide bonds. The SMILES string of the molecule is COc1ccccc1N1CCN(CCNCCCN2CC=C(c3c[nH]c4cc(Cl)ccc34)CC2)CC1. The molecule has 2 N–H and O–H groups in total. The van der Waals surface area contributed by atoms with Gasteiger partial charge in [-0.1, -0.05) is 35.9 Å². The molecular formula is C29H38ClN5O. The van der Waals surface area contributed by atoms with Gasteiger partial charge in [0.25, 0.3) is 0 Å². The lowest BCUT2D eigenvalue weighted by Gasteiger charge is -2.36. The zero-order valence-corrected chi connectivity index (χ0v) is 22.1. The van der Waals surface area contributed by atoms with Crippen molar-refractivity contribution in [2.75, 3.05) is 77.5 Å². The van der Waals surface area contributed by atoms with E-state index >= 15 is 0 Å². The van der Waals surface area contributed by atoms with Crippen LogP contribution in [-0.2, 0) is 0 Å². The van der Waals surface area contributed by atoms with E-state index in [4.69, 9.17) is 16.3 Å². The third-order valence-corrected chi connectivity index (χ3v) is 7.75. The van der Waals surface area contributed by atoms with Gasteiger partial charge in [-0.3, -0.25) is 9.80 Å². The summed E-state index contributed by atoms with van der Waals surface area (Å²) in [4.78, 5) is 10.9. The van der Waals surface area contributed by atoms with Gasteiger partial charge in [0.1, 0.15) is 5.75 Å². The summed E-state index contributed by atoms with van der Waals surface area (Å²) < 4.78 is 5.54. The standard InChI is InChI=1S/C29H38ClN5O/c1-36-29-6-3-2-5-28(29)35-19-17-34(18-20-35)16-12-31-11-4-13-33-14-9-23(10-15-33)26-22-32-27-21-24(30)7-8-25(26)27/h2-3,5-9,21-22,31-32H,4,10-20H2,1H3. The van der Waals surface area contributed by atoms with Gasteiger partial charge in [0.05, 0.1) is 12.8 Å². The van der Waals surface area contributed by atoms with Crippen LogP contribution < -0.4 is 15.0 Å². The van der Waals surface area contributed by atoms with E-state index in [1.165, 1.54) is 28.6 Å². The van der Waals surface area contributed by atoms with Crippen molar-refractivity contribution in [3.8, 4) is 5.75 Å². The van der Waals surface area contributed by atoms with E-state index < -0.39 is 0 Å². The van der Waals surface area contributed by atoms with Gasteiger partial charge < -0.3 is 19.9 Å². The molecular weight excluding hydrogens is 470 g/mol. The van der Waals surface area contributed by atoms with Crippen LogP contribution in [-0.4, -0.2) is 87.3 Å². The fourth-order valence-corrected chi connectivity index (χ4v) is 5.59. The molecule has 0 unspecified atom stereocenters. The topological polar surface area (TPSA) is 46.8 Å². The fraction of sp³-hybridized carbons (Fsp3) is 0.448. The number of halogens is 1. The van der Waals surface area contributed by atoms with E-state index in [-0.39, 0.29) is 0 Å². The average Bonchev–Trinajstić information content (AvgIpc) is 3.34. The molecule has 5 rings (SSSR count). The highest BCUT2D eigenvalue weighted by molar-refractivity contribution is 6.31. The van der Waals surface area contributed by atoms with E-state index in [2.05, 4.69) is 55.5 Å². The molecule has 0 saturated carbocycles. The van der Waals surface area contributed by atoms with Crippen molar-refractivity contribution in [3.05, 3.63) is 65.3 Å². The number of aromatic nitrogens is 1. The second-order valence-electron chi connectivity index (χ2n) is 9.78. The minimum atomic E-state index is 0.778. The van der Waals surface area contributed by atoms with Crippen molar-refractivity contribution in [2.24, 2.45) is 0 Å². The van der Waals surface area contributed by atoms with Crippen LogP contribution in [0, 0.1) is 0 Å². The Morgan fingerprint density at radius 3 is 2.64 bits per heavy atom. The van der Waals surface area contributed by atoms with Crippen molar-refractivity contribution in [2.45, 2.75) is 12.8 Å². The molecule has 2 aliphatic heterocycles. The van der Waals surface area contributed by atoms with Crippen LogP contribution in [0.3, 0.4) is 0 Å². The van der Waals surface area contributed by atoms with Gasteiger partial charge in [0.2, 0.25) is 0 Å². The number of fused-ring (bicyclic) bond motifs is 1. The summed E-state index contributed by atoms with van der Waals surface area (Å²) >= 11 is 6.13. The molecule has 36 heavy (non-hydrogen) atoms. The first-order chi connectivity index (χ1) is 17.7. The number of H-pyrrole nitrogens is 1. The lowest BCUT2D eigenvalue weighted by atomic mass is 9.99. The van der Waals surface area contributed by atoms with Gasteiger partial charge in [0, 0.05) is 80.0 Å². The van der Waals surface area contributed by atoms with Crippen molar-refractivity contribution < 1.29 is 4.74 Å². The molecule has 0 atom stereocenters. The van der Waals surface area contributed by atoms with Gasteiger partial charge in [-0.2, -0.15) is 0 Å². The maximum atomic E-state index is 6.13. The van der Waals surface area contributed by atoms with Crippen LogP contribution in [0.1, 0.15) is 18.4 Å².